The summed E-state index contributed by atoms with van der Waals surface area (Å²) >= 11 is 1.32. The van der Waals surface area contributed by atoms with E-state index in [1.54, 1.807) is 6.07 Å². The van der Waals surface area contributed by atoms with Crippen molar-refractivity contribution < 1.29 is 4.92 Å². The van der Waals surface area contributed by atoms with Gasteiger partial charge < -0.3 is 10.3 Å². The van der Waals surface area contributed by atoms with Crippen LogP contribution in [-0.4, -0.2) is 19.7 Å². The van der Waals surface area contributed by atoms with Gasteiger partial charge >= 0.3 is 0 Å². The van der Waals surface area contributed by atoms with Crippen molar-refractivity contribution in [1.82, 2.24) is 14.8 Å². The number of aromatic nitrogens is 3. The molecule has 0 bridgehead atoms. The first-order chi connectivity index (χ1) is 8.49. The molecule has 1 heterocycles. The largest absolute Gasteiger partial charge is 0.398 e. The van der Waals surface area contributed by atoms with Crippen LogP contribution in [0.5, 0.6) is 0 Å². The molecule has 18 heavy (non-hydrogen) atoms. The van der Waals surface area contributed by atoms with Crippen LogP contribution in [0.25, 0.3) is 0 Å². The van der Waals surface area contributed by atoms with Gasteiger partial charge in [0.1, 0.15) is 5.82 Å². The number of nitro groups is 1. The molecule has 0 unspecified atom stereocenters. The fourth-order valence-corrected chi connectivity index (χ4v) is 2.18. The first-order valence-corrected chi connectivity index (χ1v) is 5.88. The topological polar surface area (TPSA) is 99.9 Å². The second-order valence-electron chi connectivity index (χ2n) is 3.67. The van der Waals surface area contributed by atoms with E-state index in [1.807, 2.05) is 18.5 Å². The minimum atomic E-state index is -0.475. The van der Waals surface area contributed by atoms with E-state index in [1.165, 1.54) is 23.9 Å². The minimum absolute atomic E-state index is 0.0222. The Kier molecular flexibility index (Phi) is 3.19. The smallest absolute Gasteiger partial charge is 0.271 e. The van der Waals surface area contributed by atoms with E-state index in [9.17, 15) is 10.1 Å². The third-order valence-corrected chi connectivity index (χ3v) is 3.59. The van der Waals surface area contributed by atoms with Crippen molar-refractivity contribution in [2.45, 2.75) is 17.0 Å². The van der Waals surface area contributed by atoms with Crippen molar-refractivity contribution in [2.24, 2.45) is 7.05 Å². The first-order valence-electron chi connectivity index (χ1n) is 5.07. The summed E-state index contributed by atoms with van der Waals surface area (Å²) < 4.78 is 1.82. The van der Waals surface area contributed by atoms with Crippen LogP contribution in [0.4, 0.5) is 11.4 Å². The van der Waals surface area contributed by atoms with Crippen molar-refractivity contribution in [3.05, 3.63) is 34.1 Å². The summed E-state index contributed by atoms with van der Waals surface area (Å²) in [5.41, 5.74) is 6.12. The summed E-state index contributed by atoms with van der Waals surface area (Å²) in [5.74, 6) is 0.790. The van der Waals surface area contributed by atoms with E-state index < -0.39 is 4.92 Å². The highest BCUT2D eigenvalue weighted by atomic mass is 32.2. The normalized spacial score (nSPS) is 10.6. The molecule has 2 aromatic rings. The fourth-order valence-electron chi connectivity index (χ4n) is 1.32. The van der Waals surface area contributed by atoms with E-state index in [-0.39, 0.29) is 5.69 Å². The zero-order valence-corrected chi connectivity index (χ0v) is 10.6. The van der Waals surface area contributed by atoms with Crippen molar-refractivity contribution in [1.29, 1.82) is 0 Å². The fraction of sp³-hybridized carbons (Fsp3) is 0.200. The van der Waals surface area contributed by atoms with Gasteiger partial charge in [-0.05, 0) is 24.8 Å². The zero-order chi connectivity index (χ0) is 13.3. The Morgan fingerprint density at radius 3 is 2.67 bits per heavy atom. The molecule has 0 spiro atoms. The predicted molar refractivity (Wildman–Crippen MR) is 67.4 cm³/mol. The van der Waals surface area contributed by atoms with E-state index in [2.05, 4.69) is 10.2 Å². The molecule has 0 saturated carbocycles. The van der Waals surface area contributed by atoms with Crippen LogP contribution < -0.4 is 5.73 Å². The number of non-ortho nitro benzene ring substituents is 1. The Morgan fingerprint density at radius 2 is 2.17 bits per heavy atom. The maximum atomic E-state index is 10.6. The number of nitrogens with two attached hydrogens (primary N) is 1. The predicted octanol–water partition coefficient (Wildman–Crippen LogP) is 1.77. The third-order valence-electron chi connectivity index (χ3n) is 2.46. The van der Waals surface area contributed by atoms with Crippen LogP contribution in [0, 0.1) is 17.0 Å². The molecule has 0 fully saturated rings. The lowest BCUT2D eigenvalue weighted by atomic mass is 10.3. The highest BCUT2D eigenvalue weighted by molar-refractivity contribution is 7.99. The van der Waals surface area contributed by atoms with Crippen molar-refractivity contribution in [3.63, 3.8) is 0 Å². The number of nitrogen functional groups attached to an aromatic ring is 1. The van der Waals surface area contributed by atoms with Crippen LogP contribution >= 0.6 is 11.8 Å². The molecule has 0 radical (unpaired) electrons. The number of benzene rings is 1. The average Bonchev–Trinajstić information content (AvgIpc) is 2.63. The van der Waals surface area contributed by atoms with Crippen LogP contribution in [0.1, 0.15) is 5.82 Å². The van der Waals surface area contributed by atoms with Gasteiger partial charge in [-0.15, -0.1) is 10.2 Å². The lowest BCUT2D eigenvalue weighted by molar-refractivity contribution is -0.384. The number of hydrogen-bond acceptors (Lipinski definition) is 6. The van der Waals surface area contributed by atoms with Gasteiger partial charge in [-0.2, -0.15) is 0 Å². The summed E-state index contributed by atoms with van der Waals surface area (Å²) in [6.07, 6.45) is 0. The number of rotatable bonds is 3. The van der Waals surface area contributed by atoms with Gasteiger partial charge in [-0.1, -0.05) is 0 Å². The molecule has 1 aromatic heterocycles. The zero-order valence-electron chi connectivity index (χ0n) is 9.82. The molecule has 0 aliphatic carbocycles. The number of hydrogen-bond donors (Lipinski definition) is 1. The molecule has 2 N–H and O–H groups in total. The van der Waals surface area contributed by atoms with E-state index in [0.29, 0.717) is 10.8 Å². The average molecular weight is 265 g/mol. The number of aryl methyl sites for hydroxylation is 1. The number of nitro benzene ring substituents is 1. The van der Waals surface area contributed by atoms with Gasteiger partial charge in [-0.25, -0.2) is 0 Å². The molecule has 7 nitrogen and oxygen atoms in total. The van der Waals surface area contributed by atoms with Gasteiger partial charge in [0.05, 0.1) is 10.6 Å². The molecule has 94 valence electrons. The van der Waals surface area contributed by atoms with Crippen molar-refractivity contribution in [2.75, 3.05) is 5.73 Å². The molecule has 0 amide bonds. The van der Waals surface area contributed by atoms with Gasteiger partial charge in [0.15, 0.2) is 5.16 Å². The van der Waals surface area contributed by atoms with E-state index >= 15 is 0 Å². The molecule has 0 aliphatic rings. The Hall–Kier alpha value is -2.09. The molecule has 0 atom stereocenters. The Balaban J connectivity index is 2.30. The first kappa shape index (κ1) is 12.4. The second kappa shape index (κ2) is 4.65. The van der Waals surface area contributed by atoms with Crippen LogP contribution in [0.3, 0.4) is 0 Å². The molecular weight excluding hydrogens is 254 g/mol. The maximum Gasteiger partial charge on any atom is 0.271 e. The van der Waals surface area contributed by atoms with Gasteiger partial charge in [0, 0.05) is 24.1 Å². The summed E-state index contributed by atoms with van der Waals surface area (Å²) in [5, 5.41) is 19.2. The molecular formula is C10H11N5O2S. The van der Waals surface area contributed by atoms with Crippen LogP contribution in [0.2, 0.25) is 0 Å². The standard InChI is InChI=1S/C10H11N5O2S/c1-6-12-13-10(14(6)2)18-9-4-3-7(15(16)17)5-8(9)11/h3-5H,11H2,1-2H3. The lowest BCUT2D eigenvalue weighted by Gasteiger charge is -2.04. The third kappa shape index (κ3) is 2.28. The molecule has 1 aromatic carbocycles. The SMILES string of the molecule is Cc1nnc(Sc2ccc([N+](=O)[O-])cc2N)n1C. The summed E-state index contributed by atoms with van der Waals surface area (Å²) in [4.78, 5) is 10.8. The van der Waals surface area contributed by atoms with Crippen molar-refractivity contribution in [3.8, 4) is 0 Å². The Morgan fingerprint density at radius 1 is 1.44 bits per heavy atom. The van der Waals surface area contributed by atoms with Crippen LogP contribution in [-0.2, 0) is 7.05 Å². The minimum Gasteiger partial charge on any atom is -0.398 e. The molecule has 2 rings (SSSR count). The van der Waals surface area contributed by atoms with Gasteiger partial charge in [0.2, 0.25) is 0 Å². The lowest BCUT2D eigenvalue weighted by Crippen LogP contribution is -1.96. The summed E-state index contributed by atoms with van der Waals surface area (Å²) in [6.45, 7) is 1.84. The van der Waals surface area contributed by atoms with Gasteiger partial charge in [-0.3, -0.25) is 10.1 Å². The number of nitrogens with zero attached hydrogens (tertiary/aromatic N) is 4. The Labute approximate surface area is 107 Å². The number of anilines is 1. The molecule has 0 saturated heterocycles. The van der Waals surface area contributed by atoms with Gasteiger partial charge in [0.25, 0.3) is 5.69 Å². The van der Waals surface area contributed by atoms with E-state index in [4.69, 9.17) is 5.73 Å². The quantitative estimate of drug-likeness (QED) is 0.515. The maximum absolute atomic E-state index is 10.6. The van der Waals surface area contributed by atoms with Crippen LogP contribution in [0.15, 0.2) is 28.3 Å². The monoisotopic (exact) mass is 265 g/mol. The van der Waals surface area contributed by atoms with Crippen molar-refractivity contribution >= 4 is 23.1 Å². The molecule has 0 aliphatic heterocycles. The van der Waals surface area contributed by atoms with E-state index in [0.717, 1.165) is 10.7 Å². The summed E-state index contributed by atoms with van der Waals surface area (Å²) in [6, 6.07) is 4.37. The summed E-state index contributed by atoms with van der Waals surface area (Å²) in [7, 11) is 1.85. The second-order valence-corrected chi connectivity index (χ2v) is 4.68. The molecule has 8 heteroatoms. The Bertz CT molecular complexity index is 610. The highest BCUT2D eigenvalue weighted by Crippen LogP contribution is 2.32. The highest BCUT2D eigenvalue weighted by Gasteiger charge is 2.12.